The fourth-order valence-corrected chi connectivity index (χ4v) is 3.74. The highest BCUT2D eigenvalue weighted by molar-refractivity contribution is 6.17. The maximum atomic E-state index is 13.5. The van der Waals surface area contributed by atoms with Crippen LogP contribution < -0.4 is 10.1 Å². The van der Waals surface area contributed by atoms with Gasteiger partial charge in [-0.2, -0.15) is 0 Å². The highest BCUT2D eigenvalue weighted by atomic mass is 16.5. The Morgan fingerprint density at radius 1 is 1.03 bits per heavy atom. The van der Waals surface area contributed by atoms with Crippen LogP contribution in [-0.4, -0.2) is 36.6 Å². The Hall–Kier alpha value is -3.12. The number of rotatable bonds is 12. The number of ether oxygens (including phenoxy) is 1. The van der Waals surface area contributed by atoms with Gasteiger partial charge in [-0.3, -0.25) is 4.79 Å². The second-order valence-corrected chi connectivity index (χ2v) is 9.81. The number of hydrogen-bond donors (Lipinski definition) is 2. The first-order valence-corrected chi connectivity index (χ1v) is 12.0. The number of furan rings is 1. The van der Waals surface area contributed by atoms with E-state index in [1.165, 1.54) is 12.1 Å². The smallest absolute Gasteiger partial charge is 0.335 e. The van der Waals surface area contributed by atoms with E-state index in [-0.39, 0.29) is 16.8 Å². The summed E-state index contributed by atoms with van der Waals surface area (Å²) >= 11 is 0. The van der Waals surface area contributed by atoms with Crippen LogP contribution in [0.5, 0.6) is 5.75 Å². The van der Waals surface area contributed by atoms with Crippen molar-refractivity contribution in [1.29, 1.82) is 0 Å². The average Bonchev–Trinajstić information content (AvgIpc) is 3.16. The monoisotopic (exact) mass is 465 g/mol. The Labute approximate surface area is 201 Å². The van der Waals surface area contributed by atoms with Crippen LogP contribution in [0.3, 0.4) is 0 Å². The second kappa shape index (κ2) is 11.3. The number of ketones is 1. The summed E-state index contributed by atoms with van der Waals surface area (Å²) < 4.78 is 11.8. The summed E-state index contributed by atoms with van der Waals surface area (Å²) in [5, 5.41) is 13.4. The fraction of sp³-hybridized carbons (Fsp3) is 0.429. The molecule has 3 aromatic rings. The minimum Gasteiger partial charge on any atom is -0.494 e. The van der Waals surface area contributed by atoms with Crippen molar-refractivity contribution in [3.63, 3.8) is 0 Å². The second-order valence-electron chi connectivity index (χ2n) is 9.81. The van der Waals surface area contributed by atoms with Gasteiger partial charge in [0.2, 0.25) is 0 Å². The molecule has 0 saturated heterocycles. The van der Waals surface area contributed by atoms with Crippen LogP contribution in [-0.2, 0) is 6.42 Å². The quantitative estimate of drug-likeness (QED) is 0.248. The van der Waals surface area contributed by atoms with Crippen LogP contribution in [0.1, 0.15) is 79.0 Å². The van der Waals surface area contributed by atoms with Crippen LogP contribution in [0.2, 0.25) is 0 Å². The van der Waals surface area contributed by atoms with Gasteiger partial charge in [0.05, 0.1) is 17.7 Å². The van der Waals surface area contributed by atoms with Crippen molar-refractivity contribution >= 4 is 22.7 Å². The Kier molecular flexibility index (Phi) is 8.51. The lowest BCUT2D eigenvalue weighted by molar-refractivity contribution is 0.0696. The van der Waals surface area contributed by atoms with E-state index in [1.807, 2.05) is 0 Å². The number of aryl methyl sites for hydroxylation is 1. The molecule has 0 saturated carbocycles. The Morgan fingerprint density at radius 3 is 2.38 bits per heavy atom. The molecular weight excluding hydrogens is 430 g/mol. The third-order valence-corrected chi connectivity index (χ3v) is 5.53. The molecule has 0 radical (unpaired) electrons. The summed E-state index contributed by atoms with van der Waals surface area (Å²) in [7, 11) is 0. The van der Waals surface area contributed by atoms with E-state index < -0.39 is 5.97 Å². The largest absolute Gasteiger partial charge is 0.494 e. The zero-order valence-electron chi connectivity index (χ0n) is 20.6. The van der Waals surface area contributed by atoms with Gasteiger partial charge in [-0.25, -0.2) is 4.79 Å². The molecule has 1 aromatic heterocycles. The fourth-order valence-electron chi connectivity index (χ4n) is 3.74. The lowest BCUT2D eigenvalue weighted by Gasteiger charge is -2.18. The molecule has 0 atom stereocenters. The van der Waals surface area contributed by atoms with Gasteiger partial charge >= 0.3 is 5.97 Å². The number of carboxylic acid groups (broad SMARTS) is 1. The predicted molar refractivity (Wildman–Crippen MR) is 134 cm³/mol. The summed E-state index contributed by atoms with van der Waals surface area (Å²) in [5.74, 6) is 0.105. The Morgan fingerprint density at radius 2 is 1.74 bits per heavy atom. The van der Waals surface area contributed by atoms with E-state index in [2.05, 4.69) is 33.0 Å². The van der Waals surface area contributed by atoms with Crippen molar-refractivity contribution in [2.45, 2.75) is 53.4 Å². The molecule has 0 aliphatic heterocycles. The molecule has 182 valence electrons. The third-order valence-electron chi connectivity index (χ3n) is 5.53. The molecule has 3 rings (SSSR count). The molecular formula is C28H35NO5. The maximum absolute atomic E-state index is 13.5. The van der Waals surface area contributed by atoms with Crippen molar-refractivity contribution in [3.8, 4) is 5.75 Å². The summed E-state index contributed by atoms with van der Waals surface area (Å²) in [4.78, 5) is 24.9. The number of hydrogen-bond acceptors (Lipinski definition) is 5. The minimum atomic E-state index is -1.04. The van der Waals surface area contributed by atoms with Crippen LogP contribution in [0.15, 0.2) is 46.9 Å². The van der Waals surface area contributed by atoms with Crippen molar-refractivity contribution < 1.29 is 23.8 Å². The number of carboxylic acids is 1. The van der Waals surface area contributed by atoms with Gasteiger partial charge in [0.25, 0.3) is 0 Å². The molecule has 1 heterocycles. The normalized spacial score (nSPS) is 11.6. The zero-order valence-corrected chi connectivity index (χ0v) is 20.6. The minimum absolute atomic E-state index is 0.130. The van der Waals surface area contributed by atoms with Crippen LogP contribution in [0.25, 0.3) is 11.0 Å². The van der Waals surface area contributed by atoms with Gasteiger partial charge in [0.1, 0.15) is 17.1 Å². The van der Waals surface area contributed by atoms with Crippen LogP contribution >= 0.6 is 0 Å². The van der Waals surface area contributed by atoms with Crippen LogP contribution in [0, 0.1) is 5.41 Å². The lowest BCUT2D eigenvalue weighted by Crippen LogP contribution is -2.28. The van der Waals surface area contributed by atoms with Crippen molar-refractivity contribution in [1.82, 2.24) is 5.32 Å². The number of aromatic carboxylic acids is 1. The molecule has 0 amide bonds. The molecule has 0 aliphatic rings. The van der Waals surface area contributed by atoms with Crippen molar-refractivity contribution in [3.05, 3.63) is 64.9 Å². The van der Waals surface area contributed by atoms with E-state index in [4.69, 9.17) is 9.15 Å². The molecule has 0 bridgehead atoms. The van der Waals surface area contributed by atoms with Gasteiger partial charge in [0.15, 0.2) is 5.78 Å². The number of carbonyl (C=O) groups is 2. The molecule has 0 fully saturated rings. The summed E-state index contributed by atoms with van der Waals surface area (Å²) in [6.07, 6.45) is 3.36. The van der Waals surface area contributed by atoms with E-state index in [9.17, 15) is 14.7 Å². The topological polar surface area (TPSA) is 88.8 Å². The van der Waals surface area contributed by atoms with Crippen LogP contribution in [0.4, 0.5) is 0 Å². The molecule has 0 aliphatic carbocycles. The first kappa shape index (κ1) is 25.5. The van der Waals surface area contributed by atoms with E-state index >= 15 is 0 Å². The van der Waals surface area contributed by atoms with Gasteiger partial charge in [-0.1, -0.05) is 34.1 Å². The molecule has 2 aromatic carbocycles. The van der Waals surface area contributed by atoms with E-state index in [0.717, 1.165) is 32.4 Å². The summed E-state index contributed by atoms with van der Waals surface area (Å²) in [6, 6.07) is 11.7. The summed E-state index contributed by atoms with van der Waals surface area (Å²) in [6.45, 7) is 11.1. The third kappa shape index (κ3) is 6.70. The van der Waals surface area contributed by atoms with Gasteiger partial charge in [0, 0.05) is 17.4 Å². The molecule has 2 N–H and O–H groups in total. The first-order valence-electron chi connectivity index (χ1n) is 12.0. The molecule has 34 heavy (non-hydrogen) atoms. The van der Waals surface area contributed by atoms with E-state index in [0.29, 0.717) is 46.6 Å². The standard InChI is InChI=1S/C28H35NO5/c1-5-6-8-24-25(22-17-20(27(31)32)11-14-23(22)34-24)26(30)19-9-12-21(13-10-19)33-16-7-15-29-18-28(2,3)4/h9-14,17,29H,5-8,15-16,18H2,1-4H3,(H,31,32). The Bertz CT molecular complexity index is 1120. The van der Waals surface area contributed by atoms with Gasteiger partial charge < -0.3 is 19.6 Å². The number of benzene rings is 2. The van der Waals surface area contributed by atoms with Gasteiger partial charge in [-0.15, -0.1) is 0 Å². The van der Waals surface area contributed by atoms with Crippen molar-refractivity contribution in [2.24, 2.45) is 5.41 Å². The first-order chi connectivity index (χ1) is 16.2. The molecule has 0 unspecified atom stereocenters. The molecule has 0 spiro atoms. The Balaban J connectivity index is 1.72. The number of fused-ring (bicyclic) bond motifs is 1. The van der Waals surface area contributed by atoms with Crippen molar-refractivity contribution in [2.75, 3.05) is 19.7 Å². The molecule has 6 nitrogen and oxygen atoms in total. The maximum Gasteiger partial charge on any atom is 0.335 e. The number of carbonyl (C=O) groups excluding carboxylic acids is 1. The molecule has 6 heteroatoms. The summed E-state index contributed by atoms with van der Waals surface area (Å²) in [5.41, 5.74) is 1.88. The van der Waals surface area contributed by atoms with E-state index in [1.54, 1.807) is 30.3 Å². The zero-order chi connectivity index (χ0) is 24.7. The highest BCUT2D eigenvalue weighted by Crippen LogP contribution is 2.31. The lowest BCUT2D eigenvalue weighted by atomic mass is 9.97. The SMILES string of the molecule is CCCCc1oc2ccc(C(=O)O)cc2c1C(=O)c1ccc(OCCCNCC(C)(C)C)cc1. The average molecular weight is 466 g/mol. The number of unbranched alkanes of at least 4 members (excludes halogenated alkanes) is 1. The predicted octanol–water partition coefficient (Wildman–Crippen LogP) is 6.11. The van der Waals surface area contributed by atoms with Gasteiger partial charge in [-0.05, 0) is 73.8 Å². The highest BCUT2D eigenvalue weighted by Gasteiger charge is 2.23. The number of nitrogens with one attached hydrogen (secondary N) is 1.